The number of benzene rings is 2. The predicted octanol–water partition coefficient (Wildman–Crippen LogP) is 3.64. The summed E-state index contributed by atoms with van der Waals surface area (Å²) in [6.07, 6.45) is 1.72. The van der Waals surface area contributed by atoms with Crippen molar-refractivity contribution in [3.8, 4) is 11.1 Å². The molecule has 2 aromatic carbocycles. The Morgan fingerprint density at radius 1 is 0.833 bits per heavy atom. The Labute approximate surface area is 177 Å². The molecule has 0 saturated heterocycles. The van der Waals surface area contributed by atoms with Crippen LogP contribution in [-0.4, -0.2) is 37.5 Å². The minimum atomic E-state index is -0.362. The molecule has 1 aliphatic carbocycles. The molecule has 0 unspecified atom stereocenters. The van der Waals surface area contributed by atoms with E-state index in [1.54, 1.807) is 0 Å². The van der Waals surface area contributed by atoms with Gasteiger partial charge in [0.25, 0.3) is 11.8 Å². The summed E-state index contributed by atoms with van der Waals surface area (Å²) < 4.78 is 5.33. The Kier molecular flexibility index (Phi) is 6.87. The highest BCUT2D eigenvalue weighted by molar-refractivity contribution is 5.97. The van der Waals surface area contributed by atoms with E-state index in [-0.39, 0.29) is 30.3 Å². The summed E-state index contributed by atoms with van der Waals surface area (Å²) in [5.41, 5.74) is 5.00. The molecule has 0 aliphatic heterocycles. The van der Waals surface area contributed by atoms with E-state index in [9.17, 15) is 14.4 Å². The Balaban J connectivity index is 1.98. The van der Waals surface area contributed by atoms with Gasteiger partial charge in [-0.2, -0.15) is 0 Å². The predicted molar refractivity (Wildman–Crippen MR) is 116 cm³/mol. The van der Waals surface area contributed by atoms with Crippen molar-refractivity contribution >= 4 is 17.8 Å². The molecule has 30 heavy (non-hydrogen) atoms. The lowest BCUT2D eigenvalue weighted by Gasteiger charge is -2.15. The molecule has 0 saturated carbocycles. The molecule has 6 nitrogen and oxygen atoms in total. The fraction of sp³-hybridized carbons (Fsp3) is 0.375. The van der Waals surface area contributed by atoms with E-state index < -0.39 is 0 Å². The highest BCUT2D eigenvalue weighted by Gasteiger charge is 2.31. The first kappa shape index (κ1) is 21.6. The van der Waals surface area contributed by atoms with Gasteiger partial charge >= 0.3 is 5.97 Å². The summed E-state index contributed by atoms with van der Waals surface area (Å²) in [6.45, 7) is 6.77. The average molecular weight is 408 g/mol. The van der Waals surface area contributed by atoms with E-state index in [2.05, 4.69) is 10.6 Å². The molecule has 3 rings (SSSR count). The summed E-state index contributed by atoms with van der Waals surface area (Å²) in [5, 5.41) is 5.78. The van der Waals surface area contributed by atoms with Crippen LogP contribution < -0.4 is 10.6 Å². The molecule has 0 heterocycles. The normalized spacial score (nSPS) is 12.1. The Morgan fingerprint density at radius 3 is 1.70 bits per heavy atom. The minimum absolute atomic E-state index is 0.124. The number of rotatable bonds is 8. The van der Waals surface area contributed by atoms with E-state index in [1.165, 1.54) is 6.92 Å². The largest absolute Gasteiger partial charge is 0.465 e. The second-order valence-corrected chi connectivity index (χ2v) is 7.47. The monoisotopic (exact) mass is 408 g/mol. The smallest absolute Gasteiger partial charge is 0.302 e. The van der Waals surface area contributed by atoms with Crippen LogP contribution in [-0.2, 0) is 9.53 Å². The zero-order chi connectivity index (χ0) is 21.7. The summed E-state index contributed by atoms with van der Waals surface area (Å²) in [7, 11) is 0. The molecule has 158 valence electrons. The van der Waals surface area contributed by atoms with E-state index in [0.29, 0.717) is 24.2 Å². The summed E-state index contributed by atoms with van der Waals surface area (Å²) in [4.78, 5) is 36.3. The van der Waals surface area contributed by atoms with Gasteiger partial charge in [-0.3, -0.25) is 14.4 Å². The van der Waals surface area contributed by atoms with Gasteiger partial charge in [-0.15, -0.1) is 0 Å². The molecule has 0 bridgehead atoms. The van der Waals surface area contributed by atoms with Crippen LogP contribution in [0.2, 0.25) is 0 Å². The topological polar surface area (TPSA) is 84.5 Å². The molecule has 0 aromatic heterocycles. The summed E-state index contributed by atoms with van der Waals surface area (Å²) >= 11 is 0. The molecule has 2 aromatic rings. The third-order valence-corrected chi connectivity index (χ3v) is 5.19. The van der Waals surface area contributed by atoms with Gasteiger partial charge in [0.15, 0.2) is 0 Å². The first-order valence-corrected chi connectivity index (χ1v) is 10.4. The standard InChI is InChI=1S/C24H28N2O4/c1-4-10-25-23(28)16-6-8-18-19-9-7-17(24(29)26-11-5-2)13-21(19)22(20(18)12-16)14-30-15(3)27/h6-9,12-13,22H,4-5,10-11,14H2,1-3H3,(H,25,28)(H,26,29). The van der Waals surface area contributed by atoms with Gasteiger partial charge in [-0.05, 0) is 59.4 Å². The van der Waals surface area contributed by atoms with Gasteiger partial charge in [0.2, 0.25) is 0 Å². The van der Waals surface area contributed by atoms with Gasteiger partial charge in [0.1, 0.15) is 6.61 Å². The van der Waals surface area contributed by atoms with Crippen molar-refractivity contribution < 1.29 is 19.1 Å². The van der Waals surface area contributed by atoms with Crippen LogP contribution in [0.15, 0.2) is 36.4 Å². The molecule has 0 fully saturated rings. The molecule has 2 N–H and O–H groups in total. The van der Waals surface area contributed by atoms with Crippen molar-refractivity contribution in [2.45, 2.75) is 39.5 Å². The van der Waals surface area contributed by atoms with Crippen molar-refractivity contribution in [3.05, 3.63) is 58.7 Å². The second kappa shape index (κ2) is 9.57. The summed E-state index contributed by atoms with van der Waals surface area (Å²) in [5.74, 6) is -0.835. The maximum atomic E-state index is 12.4. The van der Waals surface area contributed by atoms with Crippen LogP contribution in [0.5, 0.6) is 0 Å². The van der Waals surface area contributed by atoms with Crippen LogP contribution in [0, 0.1) is 0 Å². The Hall–Kier alpha value is -3.15. The van der Waals surface area contributed by atoms with Crippen molar-refractivity contribution in [1.29, 1.82) is 0 Å². The lowest BCUT2D eigenvalue weighted by atomic mass is 9.95. The lowest BCUT2D eigenvalue weighted by molar-refractivity contribution is -0.141. The maximum Gasteiger partial charge on any atom is 0.302 e. The first-order valence-electron chi connectivity index (χ1n) is 10.4. The third-order valence-electron chi connectivity index (χ3n) is 5.19. The number of fused-ring (bicyclic) bond motifs is 3. The van der Waals surface area contributed by atoms with Crippen LogP contribution in [0.4, 0.5) is 0 Å². The number of carbonyl (C=O) groups excluding carboxylic acids is 3. The highest BCUT2D eigenvalue weighted by atomic mass is 16.5. The number of hydrogen-bond acceptors (Lipinski definition) is 4. The highest BCUT2D eigenvalue weighted by Crippen LogP contribution is 2.45. The number of amides is 2. The number of ether oxygens (including phenoxy) is 1. The van der Waals surface area contributed by atoms with Crippen molar-refractivity contribution in [2.24, 2.45) is 0 Å². The van der Waals surface area contributed by atoms with E-state index in [0.717, 1.165) is 35.1 Å². The second-order valence-electron chi connectivity index (χ2n) is 7.47. The van der Waals surface area contributed by atoms with Crippen molar-refractivity contribution in [1.82, 2.24) is 10.6 Å². The number of carbonyl (C=O) groups is 3. The Bertz CT molecular complexity index is 898. The zero-order valence-corrected chi connectivity index (χ0v) is 17.7. The van der Waals surface area contributed by atoms with Crippen LogP contribution in [0.3, 0.4) is 0 Å². The van der Waals surface area contributed by atoms with E-state index in [4.69, 9.17) is 4.74 Å². The number of esters is 1. The van der Waals surface area contributed by atoms with Crippen molar-refractivity contribution in [3.63, 3.8) is 0 Å². The van der Waals surface area contributed by atoms with E-state index in [1.807, 2.05) is 50.2 Å². The minimum Gasteiger partial charge on any atom is -0.465 e. The molecular weight excluding hydrogens is 380 g/mol. The molecule has 0 atom stereocenters. The molecule has 6 heteroatoms. The van der Waals surface area contributed by atoms with Gasteiger partial charge in [0, 0.05) is 37.1 Å². The van der Waals surface area contributed by atoms with Crippen LogP contribution >= 0.6 is 0 Å². The third kappa shape index (κ3) is 4.53. The van der Waals surface area contributed by atoms with Gasteiger partial charge in [-0.1, -0.05) is 26.0 Å². The Morgan fingerprint density at radius 2 is 1.30 bits per heavy atom. The lowest BCUT2D eigenvalue weighted by Crippen LogP contribution is -2.24. The van der Waals surface area contributed by atoms with Gasteiger partial charge in [-0.25, -0.2) is 0 Å². The molecule has 1 aliphatic rings. The van der Waals surface area contributed by atoms with Crippen LogP contribution in [0.1, 0.15) is 71.4 Å². The number of hydrogen-bond donors (Lipinski definition) is 2. The van der Waals surface area contributed by atoms with Gasteiger partial charge in [0.05, 0.1) is 0 Å². The molecule has 0 radical (unpaired) electrons. The molecular formula is C24H28N2O4. The molecule has 2 amide bonds. The average Bonchev–Trinajstić information content (AvgIpc) is 3.06. The SMILES string of the molecule is CCCNC(=O)c1ccc2c(c1)C(COC(C)=O)c1cc(C(=O)NCCC)ccc1-2. The van der Waals surface area contributed by atoms with Gasteiger partial charge < -0.3 is 15.4 Å². The zero-order valence-electron chi connectivity index (χ0n) is 17.7. The summed E-state index contributed by atoms with van der Waals surface area (Å²) in [6, 6.07) is 11.2. The first-order chi connectivity index (χ1) is 14.5. The van der Waals surface area contributed by atoms with Crippen molar-refractivity contribution in [2.75, 3.05) is 19.7 Å². The fourth-order valence-corrected chi connectivity index (χ4v) is 3.70. The number of nitrogens with one attached hydrogen (secondary N) is 2. The van der Waals surface area contributed by atoms with E-state index >= 15 is 0 Å². The molecule has 0 spiro atoms. The van der Waals surface area contributed by atoms with Crippen LogP contribution in [0.25, 0.3) is 11.1 Å². The fourth-order valence-electron chi connectivity index (χ4n) is 3.70. The quantitative estimate of drug-likeness (QED) is 0.653. The maximum absolute atomic E-state index is 12.4.